The molecule has 0 fully saturated rings. The first-order valence-electron chi connectivity index (χ1n) is 5.49. The number of para-hydroxylation sites is 1. The number of benzene rings is 1. The fourth-order valence-electron chi connectivity index (χ4n) is 1.34. The number of nitrogens with zero attached hydrogens (tertiary/aromatic N) is 1. The van der Waals surface area contributed by atoms with E-state index >= 15 is 0 Å². The average molecular weight is 254 g/mol. The SMILES string of the molecule is CN(CCCC(=O)O)C(=O)Nc1ccccc1F. The Morgan fingerprint density at radius 3 is 2.67 bits per heavy atom. The van der Waals surface area contributed by atoms with Crippen LogP contribution in [0.15, 0.2) is 24.3 Å². The molecule has 6 heteroatoms. The third-order valence-corrected chi connectivity index (χ3v) is 2.35. The van der Waals surface area contributed by atoms with Gasteiger partial charge in [0.1, 0.15) is 5.82 Å². The summed E-state index contributed by atoms with van der Waals surface area (Å²) in [7, 11) is 1.53. The van der Waals surface area contributed by atoms with Crippen LogP contribution in [0.5, 0.6) is 0 Å². The standard InChI is InChI=1S/C12H15FN2O3/c1-15(8-4-7-11(16)17)12(18)14-10-6-3-2-5-9(10)13/h2-3,5-6H,4,7-8H2,1H3,(H,14,18)(H,16,17). The molecule has 5 nitrogen and oxygen atoms in total. The number of hydrogen-bond donors (Lipinski definition) is 2. The summed E-state index contributed by atoms with van der Waals surface area (Å²) in [6.07, 6.45) is 0.355. The van der Waals surface area contributed by atoms with Crippen molar-refractivity contribution in [2.24, 2.45) is 0 Å². The Morgan fingerprint density at radius 1 is 1.39 bits per heavy atom. The number of carboxylic acids is 1. The summed E-state index contributed by atoms with van der Waals surface area (Å²) < 4.78 is 13.3. The van der Waals surface area contributed by atoms with Gasteiger partial charge in [-0.25, -0.2) is 9.18 Å². The maximum absolute atomic E-state index is 13.3. The Morgan fingerprint density at radius 2 is 2.06 bits per heavy atom. The van der Waals surface area contributed by atoms with E-state index in [1.54, 1.807) is 6.07 Å². The molecule has 0 saturated heterocycles. The summed E-state index contributed by atoms with van der Waals surface area (Å²) in [6, 6.07) is 5.38. The number of rotatable bonds is 5. The van der Waals surface area contributed by atoms with Crippen molar-refractivity contribution in [3.05, 3.63) is 30.1 Å². The van der Waals surface area contributed by atoms with E-state index in [2.05, 4.69) is 5.32 Å². The molecular weight excluding hydrogens is 239 g/mol. The number of anilines is 1. The lowest BCUT2D eigenvalue weighted by atomic mass is 10.3. The van der Waals surface area contributed by atoms with Gasteiger partial charge in [0, 0.05) is 20.0 Å². The molecule has 0 aliphatic heterocycles. The van der Waals surface area contributed by atoms with Gasteiger partial charge in [-0.3, -0.25) is 4.79 Å². The van der Waals surface area contributed by atoms with Crippen molar-refractivity contribution < 1.29 is 19.1 Å². The Hall–Kier alpha value is -2.11. The summed E-state index contributed by atoms with van der Waals surface area (Å²) in [5.41, 5.74) is 0.104. The number of carboxylic acid groups (broad SMARTS) is 1. The molecule has 0 saturated carbocycles. The van der Waals surface area contributed by atoms with Gasteiger partial charge in [-0.05, 0) is 18.6 Å². The molecule has 0 heterocycles. The van der Waals surface area contributed by atoms with Gasteiger partial charge in [0.05, 0.1) is 5.69 Å². The Balaban J connectivity index is 2.45. The van der Waals surface area contributed by atoms with Gasteiger partial charge >= 0.3 is 12.0 Å². The number of urea groups is 1. The van der Waals surface area contributed by atoms with E-state index in [9.17, 15) is 14.0 Å². The van der Waals surface area contributed by atoms with Gasteiger partial charge in [0.2, 0.25) is 0 Å². The van der Waals surface area contributed by atoms with Crippen molar-refractivity contribution in [3.8, 4) is 0 Å². The van der Waals surface area contributed by atoms with E-state index < -0.39 is 17.8 Å². The lowest BCUT2D eigenvalue weighted by molar-refractivity contribution is -0.137. The van der Waals surface area contributed by atoms with Crippen LogP contribution in [0, 0.1) is 5.82 Å². The number of hydrogen-bond acceptors (Lipinski definition) is 2. The normalized spacial score (nSPS) is 9.89. The van der Waals surface area contributed by atoms with E-state index in [-0.39, 0.29) is 12.1 Å². The van der Waals surface area contributed by atoms with Crippen LogP contribution in [-0.4, -0.2) is 35.6 Å². The molecule has 1 aromatic rings. The van der Waals surface area contributed by atoms with E-state index in [0.717, 1.165) is 0 Å². The molecule has 18 heavy (non-hydrogen) atoms. The minimum Gasteiger partial charge on any atom is -0.481 e. The summed E-state index contributed by atoms with van der Waals surface area (Å²) in [5.74, 6) is -1.41. The molecular formula is C12H15FN2O3. The lowest BCUT2D eigenvalue weighted by Gasteiger charge is -2.17. The van der Waals surface area contributed by atoms with Crippen molar-refractivity contribution in [2.45, 2.75) is 12.8 Å². The lowest BCUT2D eigenvalue weighted by Crippen LogP contribution is -2.32. The van der Waals surface area contributed by atoms with Crippen LogP contribution in [0.2, 0.25) is 0 Å². The quantitative estimate of drug-likeness (QED) is 0.845. The second-order valence-corrected chi connectivity index (χ2v) is 3.83. The molecule has 98 valence electrons. The Kier molecular flexibility index (Phi) is 5.10. The van der Waals surface area contributed by atoms with E-state index in [1.807, 2.05) is 0 Å². The van der Waals surface area contributed by atoms with Gasteiger partial charge < -0.3 is 15.3 Å². The zero-order valence-corrected chi connectivity index (χ0v) is 10.0. The third kappa shape index (κ3) is 4.40. The molecule has 2 N–H and O–H groups in total. The smallest absolute Gasteiger partial charge is 0.321 e. The molecule has 0 unspecified atom stereocenters. The number of amides is 2. The number of aliphatic carboxylic acids is 1. The first-order valence-corrected chi connectivity index (χ1v) is 5.49. The molecule has 2 amide bonds. The third-order valence-electron chi connectivity index (χ3n) is 2.35. The first kappa shape index (κ1) is 14.0. The van der Waals surface area contributed by atoms with Crippen molar-refractivity contribution in [1.82, 2.24) is 4.90 Å². The number of halogens is 1. The fraction of sp³-hybridized carbons (Fsp3) is 0.333. The zero-order chi connectivity index (χ0) is 13.5. The summed E-state index contributed by atoms with van der Waals surface area (Å²) in [5, 5.41) is 10.9. The Bertz CT molecular complexity index is 437. The van der Waals surface area contributed by atoms with Gasteiger partial charge in [0.15, 0.2) is 0 Å². The van der Waals surface area contributed by atoms with Gasteiger partial charge in [-0.2, -0.15) is 0 Å². The van der Waals surface area contributed by atoms with Crippen molar-refractivity contribution in [1.29, 1.82) is 0 Å². The molecule has 1 rings (SSSR count). The number of carbonyl (C=O) groups excluding carboxylic acids is 1. The molecule has 0 atom stereocenters. The van der Waals surface area contributed by atoms with E-state index in [0.29, 0.717) is 13.0 Å². The van der Waals surface area contributed by atoms with Crippen LogP contribution in [0.25, 0.3) is 0 Å². The second-order valence-electron chi connectivity index (χ2n) is 3.83. The predicted octanol–water partition coefficient (Wildman–Crippen LogP) is 2.15. The van der Waals surface area contributed by atoms with E-state index in [4.69, 9.17) is 5.11 Å². The van der Waals surface area contributed by atoms with Gasteiger partial charge in [-0.1, -0.05) is 12.1 Å². The minimum absolute atomic E-state index is 0.00266. The fourth-order valence-corrected chi connectivity index (χ4v) is 1.34. The molecule has 1 aromatic carbocycles. The van der Waals surface area contributed by atoms with Crippen LogP contribution in [0.4, 0.5) is 14.9 Å². The maximum atomic E-state index is 13.3. The van der Waals surface area contributed by atoms with Gasteiger partial charge in [0.25, 0.3) is 0 Å². The van der Waals surface area contributed by atoms with Crippen LogP contribution < -0.4 is 5.32 Å². The highest BCUT2D eigenvalue weighted by Crippen LogP contribution is 2.12. The Labute approximate surface area is 104 Å². The molecule has 0 aliphatic carbocycles. The predicted molar refractivity (Wildman–Crippen MR) is 64.9 cm³/mol. The largest absolute Gasteiger partial charge is 0.481 e. The minimum atomic E-state index is -0.905. The van der Waals surface area contributed by atoms with Crippen LogP contribution in [0.3, 0.4) is 0 Å². The van der Waals surface area contributed by atoms with Crippen molar-refractivity contribution in [2.75, 3.05) is 18.9 Å². The van der Waals surface area contributed by atoms with E-state index in [1.165, 1.54) is 30.1 Å². The monoisotopic (exact) mass is 254 g/mol. The summed E-state index contributed by atoms with van der Waals surface area (Å²) in [6.45, 7) is 0.298. The van der Waals surface area contributed by atoms with Gasteiger partial charge in [-0.15, -0.1) is 0 Å². The first-order chi connectivity index (χ1) is 8.50. The maximum Gasteiger partial charge on any atom is 0.321 e. The number of nitrogens with one attached hydrogen (secondary N) is 1. The van der Waals surface area contributed by atoms with Crippen LogP contribution in [0.1, 0.15) is 12.8 Å². The zero-order valence-electron chi connectivity index (χ0n) is 10.0. The molecule has 0 aliphatic rings. The van der Waals surface area contributed by atoms with Crippen molar-refractivity contribution in [3.63, 3.8) is 0 Å². The summed E-state index contributed by atoms with van der Waals surface area (Å²) in [4.78, 5) is 23.3. The summed E-state index contributed by atoms with van der Waals surface area (Å²) >= 11 is 0. The van der Waals surface area contributed by atoms with Crippen LogP contribution >= 0.6 is 0 Å². The molecule has 0 radical (unpaired) electrons. The second kappa shape index (κ2) is 6.58. The molecule has 0 bridgehead atoms. The van der Waals surface area contributed by atoms with Crippen LogP contribution in [-0.2, 0) is 4.79 Å². The highest BCUT2D eigenvalue weighted by Gasteiger charge is 2.11. The number of carbonyl (C=O) groups is 2. The topological polar surface area (TPSA) is 69.6 Å². The highest BCUT2D eigenvalue weighted by atomic mass is 19.1. The molecule has 0 spiro atoms. The molecule has 0 aromatic heterocycles. The highest BCUT2D eigenvalue weighted by molar-refractivity contribution is 5.89. The average Bonchev–Trinajstić information content (AvgIpc) is 2.31. The van der Waals surface area contributed by atoms with Crippen molar-refractivity contribution >= 4 is 17.7 Å².